The number of piperazine rings is 1. The van der Waals surface area contributed by atoms with Gasteiger partial charge in [-0.1, -0.05) is 24.3 Å². The minimum atomic E-state index is 0. The molecule has 4 rings (SSSR count). The molecular weight excluding hydrogens is 338 g/mol. The lowest BCUT2D eigenvalue weighted by atomic mass is 10.1. The maximum atomic E-state index is 12.8. The molecule has 130 valence electrons. The van der Waals surface area contributed by atoms with Crippen molar-refractivity contribution in [2.75, 3.05) is 19.6 Å². The van der Waals surface area contributed by atoms with E-state index in [0.29, 0.717) is 6.54 Å². The van der Waals surface area contributed by atoms with Crippen LogP contribution < -0.4 is 5.32 Å². The first kappa shape index (κ1) is 17.4. The summed E-state index contributed by atoms with van der Waals surface area (Å²) in [6.45, 7) is 2.51. The smallest absolute Gasteiger partial charge is 0.244 e. The van der Waals surface area contributed by atoms with E-state index >= 15 is 0 Å². The third-order valence-electron chi connectivity index (χ3n) is 4.39. The maximum Gasteiger partial charge on any atom is 0.244 e. The molecular formula is C18H20ClN5O. The molecule has 2 aromatic heterocycles. The molecule has 0 aliphatic carbocycles. The van der Waals surface area contributed by atoms with Gasteiger partial charge in [-0.05, 0) is 17.7 Å². The number of nitrogens with zero attached hydrogens (tertiary/aromatic N) is 4. The van der Waals surface area contributed by atoms with Gasteiger partial charge in [0.25, 0.3) is 0 Å². The van der Waals surface area contributed by atoms with Crippen LogP contribution in [0.1, 0.15) is 11.6 Å². The maximum absolute atomic E-state index is 12.8. The van der Waals surface area contributed by atoms with E-state index in [-0.39, 0.29) is 30.9 Å². The fourth-order valence-electron chi connectivity index (χ4n) is 3.20. The van der Waals surface area contributed by atoms with Gasteiger partial charge in [0.2, 0.25) is 5.91 Å². The summed E-state index contributed by atoms with van der Waals surface area (Å²) in [7, 11) is 0. The average Bonchev–Trinajstić information content (AvgIpc) is 3.04. The average molecular weight is 358 g/mol. The number of pyridine rings is 1. The van der Waals surface area contributed by atoms with Gasteiger partial charge >= 0.3 is 0 Å². The number of halogens is 1. The normalized spacial score (nSPS) is 17.3. The molecule has 7 heteroatoms. The highest BCUT2D eigenvalue weighted by Crippen LogP contribution is 2.22. The number of rotatable bonds is 3. The van der Waals surface area contributed by atoms with Gasteiger partial charge in [0.15, 0.2) is 0 Å². The van der Waals surface area contributed by atoms with E-state index in [1.807, 2.05) is 53.7 Å². The number of hydrogen-bond donors (Lipinski definition) is 1. The van der Waals surface area contributed by atoms with Crippen molar-refractivity contribution in [2.24, 2.45) is 0 Å². The molecule has 0 radical (unpaired) electrons. The van der Waals surface area contributed by atoms with E-state index in [0.717, 1.165) is 29.6 Å². The van der Waals surface area contributed by atoms with Crippen LogP contribution in [0.25, 0.3) is 10.9 Å². The number of carbonyl (C=O) groups is 1. The molecule has 1 amide bonds. The minimum absolute atomic E-state index is 0. The van der Waals surface area contributed by atoms with E-state index in [2.05, 4.69) is 15.4 Å². The molecule has 1 unspecified atom stereocenters. The largest absolute Gasteiger partial charge is 0.331 e. The molecule has 1 fully saturated rings. The van der Waals surface area contributed by atoms with Crippen molar-refractivity contribution in [1.82, 2.24) is 25.0 Å². The van der Waals surface area contributed by atoms with Gasteiger partial charge in [0.1, 0.15) is 6.54 Å². The Morgan fingerprint density at radius 2 is 2.12 bits per heavy atom. The predicted octanol–water partition coefficient (Wildman–Crippen LogP) is 2.03. The molecule has 1 aliphatic rings. The van der Waals surface area contributed by atoms with Gasteiger partial charge in [-0.25, -0.2) is 0 Å². The molecule has 1 aromatic carbocycles. The molecule has 6 nitrogen and oxygen atoms in total. The number of carbonyl (C=O) groups excluding carboxylic acids is 1. The quantitative estimate of drug-likeness (QED) is 0.779. The van der Waals surface area contributed by atoms with Crippen molar-refractivity contribution in [2.45, 2.75) is 12.6 Å². The van der Waals surface area contributed by atoms with Gasteiger partial charge in [0, 0.05) is 43.6 Å². The third-order valence-corrected chi connectivity index (χ3v) is 4.39. The van der Waals surface area contributed by atoms with Crippen LogP contribution in [0.3, 0.4) is 0 Å². The van der Waals surface area contributed by atoms with E-state index in [1.165, 1.54) is 0 Å². The Morgan fingerprint density at radius 1 is 1.24 bits per heavy atom. The molecule has 0 saturated carbocycles. The zero-order valence-electron chi connectivity index (χ0n) is 13.7. The molecule has 0 bridgehead atoms. The monoisotopic (exact) mass is 357 g/mol. The molecule has 1 atom stereocenters. The van der Waals surface area contributed by atoms with Crippen LogP contribution in [0, 0.1) is 0 Å². The summed E-state index contributed by atoms with van der Waals surface area (Å²) in [5.41, 5.74) is 1.97. The molecule has 1 aliphatic heterocycles. The van der Waals surface area contributed by atoms with Gasteiger partial charge in [-0.3, -0.25) is 14.5 Å². The Balaban J connectivity index is 0.00000182. The second-order valence-corrected chi connectivity index (χ2v) is 5.98. The molecule has 3 heterocycles. The Hall–Kier alpha value is -2.44. The Bertz CT molecular complexity index is 818. The van der Waals surface area contributed by atoms with Crippen molar-refractivity contribution >= 4 is 29.2 Å². The van der Waals surface area contributed by atoms with Crippen molar-refractivity contribution < 1.29 is 4.79 Å². The summed E-state index contributed by atoms with van der Waals surface area (Å²) >= 11 is 0. The van der Waals surface area contributed by atoms with E-state index in [9.17, 15) is 4.79 Å². The van der Waals surface area contributed by atoms with Gasteiger partial charge in [0.05, 0.1) is 11.6 Å². The minimum Gasteiger partial charge on any atom is -0.331 e. The first-order valence-corrected chi connectivity index (χ1v) is 8.13. The van der Waals surface area contributed by atoms with Crippen molar-refractivity contribution in [3.05, 3.63) is 60.6 Å². The van der Waals surface area contributed by atoms with Gasteiger partial charge < -0.3 is 10.2 Å². The first-order valence-electron chi connectivity index (χ1n) is 8.13. The number of amides is 1. The number of benzene rings is 1. The molecule has 25 heavy (non-hydrogen) atoms. The van der Waals surface area contributed by atoms with E-state index in [4.69, 9.17) is 0 Å². The van der Waals surface area contributed by atoms with E-state index in [1.54, 1.807) is 10.9 Å². The van der Waals surface area contributed by atoms with Crippen LogP contribution in [0.4, 0.5) is 0 Å². The lowest BCUT2D eigenvalue weighted by molar-refractivity contribution is -0.135. The number of aromatic nitrogens is 3. The summed E-state index contributed by atoms with van der Waals surface area (Å²) in [5, 5.41) is 8.90. The molecule has 1 saturated heterocycles. The Labute approximate surface area is 152 Å². The van der Waals surface area contributed by atoms with Crippen LogP contribution in [0.2, 0.25) is 0 Å². The first-order chi connectivity index (χ1) is 11.8. The molecule has 1 N–H and O–H groups in total. The van der Waals surface area contributed by atoms with Crippen molar-refractivity contribution in [3.63, 3.8) is 0 Å². The number of fused-ring (bicyclic) bond motifs is 1. The van der Waals surface area contributed by atoms with Crippen LogP contribution in [-0.4, -0.2) is 45.2 Å². The summed E-state index contributed by atoms with van der Waals surface area (Å²) in [5.74, 6) is 0.0816. The summed E-state index contributed by atoms with van der Waals surface area (Å²) in [6.07, 6.45) is 5.51. The SMILES string of the molecule is Cl.O=C(Cn1cc2ccccc2n1)N1CCNCC1c1cccnc1. The standard InChI is InChI=1S/C18H19N5O.ClH/c24-18(13-22-12-15-4-1-2-6-16(15)21-22)23-9-8-20-11-17(23)14-5-3-7-19-10-14;/h1-7,10,12,17,20H,8-9,11,13H2;1H. The Kier molecular flexibility index (Phi) is 5.31. The summed E-state index contributed by atoms with van der Waals surface area (Å²) in [6, 6.07) is 11.8. The van der Waals surface area contributed by atoms with E-state index < -0.39 is 0 Å². The lowest BCUT2D eigenvalue weighted by Gasteiger charge is -2.36. The van der Waals surface area contributed by atoms with Crippen molar-refractivity contribution in [1.29, 1.82) is 0 Å². The topological polar surface area (TPSA) is 63.1 Å². The molecule has 0 spiro atoms. The van der Waals surface area contributed by atoms with Gasteiger partial charge in [-0.2, -0.15) is 5.10 Å². The second kappa shape index (κ2) is 7.63. The Morgan fingerprint density at radius 3 is 2.92 bits per heavy atom. The third kappa shape index (κ3) is 3.65. The number of hydrogen-bond acceptors (Lipinski definition) is 4. The van der Waals surface area contributed by atoms with Crippen LogP contribution in [-0.2, 0) is 11.3 Å². The van der Waals surface area contributed by atoms with Crippen LogP contribution in [0.5, 0.6) is 0 Å². The predicted molar refractivity (Wildman–Crippen MR) is 98.5 cm³/mol. The lowest BCUT2D eigenvalue weighted by Crippen LogP contribution is -2.49. The zero-order chi connectivity index (χ0) is 16.4. The fourth-order valence-corrected chi connectivity index (χ4v) is 3.20. The van der Waals surface area contributed by atoms with Crippen molar-refractivity contribution in [3.8, 4) is 0 Å². The second-order valence-electron chi connectivity index (χ2n) is 5.98. The van der Waals surface area contributed by atoms with Gasteiger partial charge in [-0.15, -0.1) is 12.4 Å². The highest BCUT2D eigenvalue weighted by atomic mass is 35.5. The zero-order valence-corrected chi connectivity index (χ0v) is 14.5. The highest BCUT2D eigenvalue weighted by Gasteiger charge is 2.28. The molecule has 3 aromatic rings. The fraction of sp³-hybridized carbons (Fsp3) is 0.278. The van der Waals surface area contributed by atoms with Crippen LogP contribution in [0.15, 0.2) is 55.0 Å². The number of nitrogens with one attached hydrogen (secondary N) is 1. The highest BCUT2D eigenvalue weighted by molar-refractivity contribution is 5.85. The van der Waals surface area contributed by atoms with Crippen LogP contribution >= 0.6 is 12.4 Å². The summed E-state index contributed by atoms with van der Waals surface area (Å²) in [4.78, 5) is 19.0. The summed E-state index contributed by atoms with van der Waals surface area (Å²) < 4.78 is 1.73.